The van der Waals surface area contributed by atoms with E-state index in [-0.39, 0.29) is 24.0 Å². The molecule has 3 rings (SSSR count). The van der Waals surface area contributed by atoms with Gasteiger partial charge in [0.05, 0.1) is 15.4 Å². The molecule has 25 heavy (non-hydrogen) atoms. The minimum atomic E-state index is -4.42. The average Bonchev–Trinajstić information content (AvgIpc) is 2.56. The first kappa shape index (κ1) is 19.6. The highest BCUT2D eigenvalue weighted by Crippen LogP contribution is 2.33. The first-order valence-electron chi connectivity index (χ1n) is 7.25. The van der Waals surface area contributed by atoms with Gasteiger partial charge in [0.2, 0.25) is 0 Å². The van der Waals surface area contributed by atoms with Gasteiger partial charge in [-0.05, 0) is 31.4 Å². The van der Waals surface area contributed by atoms with Crippen LogP contribution in [0.3, 0.4) is 0 Å². The standard InChI is InChI=1S/C13H18N4O6S2/c1-7-8-6-11(24(20,21)16-14)12(13(7)25(22,23)17-15)10(19)5-3-2-4-9(8)18/h6,16-17H,2-5,14-15H2,1H3. The Morgan fingerprint density at radius 3 is 1.96 bits per heavy atom. The van der Waals surface area contributed by atoms with Gasteiger partial charge in [-0.1, -0.05) is 0 Å². The molecule has 12 heteroatoms. The fourth-order valence-electron chi connectivity index (χ4n) is 2.79. The molecule has 2 aliphatic carbocycles. The monoisotopic (exact) mass is 390 g/mol. The molecule has 1 aromatic carbocycles. The normalized spacial score (nSPS) is 16.3. The summed E-state index contributed by atoms with van der Waals surface area (Å²) in [5.41, 5.74) is -0.697. The first-order valence-corrected chi connectivity index (χ1v) is 10.2. The van der Waals surface area contributed by atoms with Crippen LogP contribution in [-0.2, 0) is 20.0 Å². The van der Waals surface area contributed by atoms with E-state index in [1.807, 2.05) is 0 Å². The van der Waals surface area contributed by atoms with Gasteiger partial charge in [0.25, 0.3) is 20.0 Å². The number of Topliss-reactive ketones (excluding diaryl/α,β-unsaturated/α-hetero) is 2. The van der Waals surface area contributed by atoms with Gasteiger partial charge in [-0.3, -0.25) is 21.3 Å². The van der Waals surface area contributed by atoms with Crippen LogP contribution in [0.4, 0.5) is 0 Å². The molecule has 2 bridgehead atoms. The number of carbonyl (C=O) groups excluding carboxylic acids is 2. The summed E-state index contributed by atoms with van der Waals surface area (Å²) in [6.45, 7) is 1.32. The second-order valence-corrected chi connectivity index (χ2v) is 8.88. The van der Waals surface area contributed by atoms with E-state index in [0.29, 0.717) is 12.8 Å². The van der Waals surface area contributed by atoms with Crippen molar-refractivity contribution >= 4 is 31.6 Å². The number of sulfonamides is 2. The molecule has 0 aromatic heterocycles. The lowest BCUT2D eigenvalue weighted by Crippen LogP contribution is -2.36. The van der Waals surface area contributed by atoms with Crippen LogP contribution in [0.1, 0.15) is 52.0 Å². The van der Waals surface area contributed by atoms with E-state index in [2.05, 4.69) is 0 Å². The second-order valence-electron chi connectivity index (χ2n) is 5.55. The van der Waals surface area contributed by atoms with Gasteiger partial charge in [0.1, 0.15) is 0 Å². The van der Waals surface area contributed by atoms with Crippen LogP contribution in [0.5, 0.6) is 0 Å². The van der Waals surface area contributed by atoms with E-state index < -0.39 is 47.0 Å². The number of hydrogen-bond donors (Lipinski definition) is 4. The maximum atomic E-state index is 12.6. The third-order valence-corrected chi connectivity index (χ3v) is 6.57. The summed E-state index contributed by atoms with van der Waals surface area (Å²) in [5, 5.41) is 0. The van der Waals surface area contributed by atoms with Crippen LogP contribution in [0, 0.1) is 6.92 Å². The third kappa shape index (κ3) is 3.49. The molecular weight excluding hydrogens is 372 g/mol. The van der Waals surface area contributed by atoms with Crippen molar-refractivity contribution in [2.45, 2.75) is 42.4 Å². The van der Waals surface area contributed by atoms with Crippen molar-refractivity contribution in [3.8, 4) is 0 Å². The smallest absolute Gasteiger partial charge is 0.254 e. The molecule has 0 fully saturated rings. The summed E-state index contributed by atoms with van der Waals surface area (Å²) < 4.78 is 49.2. The van der Waals surface area contributed by atoms with Crippen molar-refractivity contribution in [1.82, 2.24) is 9.66 Å². The Hall–Kier alpha value is -1.70. The Morgan fingerprint density at radius 1 is 0.920 bits per heavy atom. The highest BCUT2D eigenvalue weighted by atomic mass is 32.2. The summed E-state index contributed by atoms with van der Waals surface area (Å²) in [6, 6.07) is 0.987. The van der Waals surface area contributed by atoms with Crippen LogP contribution in [0.2, 0.25) is 0 Å². The number of rotatable bonds is 4. The Balaban J connectivity index is 3.10. The lowest BCUT2D eigenvalue weighted by Gasteiger charge is -2.20. The van der Waals surface area contributed by atoms with Crippen molar-refractivity contribution in [3.63, 3.8) is 0 Å². The van der Waals surface area contributed by atoms with Gasteiger partial charge in [-0.15, -0.1) is 0 Å². The molecule has 138 valence electrons. The molecule has 10 nitrogen and oxygen atoms in total. The SMILES string of the molecule is Cc1c2cc(S(=O)(=O)NN)c(c1S(=O)(=O)NN)C(=O)CCCCC2=O. The van der Waals surface area contributed by atoms with Crippen molar-refractivity contribution in [1.29, 1.82) is 0 Å². The molecule has 0 atom stereocenters. The second kappa shape index (κ2) is 6.90. The molecule has 0 unspecified atom stereocenters. The van der Waals surface area contributed by atoms with E-state index in [1.165, 1.54) is 6.92 Å². The molecule has 0 radical (unpaired) electrons. The lowest BCUT2D eigenvalue weighted by molar-refractivity contribution is 0.0945. The van der Waals surface area contributed by atoms with Gasteiger partial charge in [-0.2, -0.15) is 9.66 Å². The fourth-order valence-corrected chi connectivity index (χ4v) is 4.86. The number of fused-ring (bicyclic) bond motifs is 7. The Morgan fingerprint density at radius 2 is 1.44 bits per heavy atom. The number of ketones is 2. The van der Waals surface area contributed by atoms with E-state index in [4.69, 9.17) is 11.7 Å². The highest BCUT2D eigenvalue weighted by molar-refractivity contribution is 7.90. The molecule has 0 amide bonds. The summed E-state index contributed by atoms with van der Waals surface area (Å²) in [4.78, 5) is 26.8. The topological polar surface area (TPSA) is 179 Å². The summed E-state index contributed by atoms with van der Waals surface area (Å²) in [7, 11) is -8.83. The van der Waals surface area contributed by atoms with Gasteiger partial charge in [-0.25, -0.2) is 16.8 Å². The number of carbonyl (C=O) groups is 2. The van der Waals surface area contributed by atoms with E-state index >= 15 is 0 Å². The molecule has 0 saturated heterocycles. The van der Waals surface area contributed by atoms with E-state index in [9.17, 15) is 26.4 Å². The predicted molar refractivity (Wildman–Crippen MR) is 87.3 cm³/mol. The zero-order valence-electron chi connectivity index (χ0n) is 13.3. The Labute approximate surface area is 145 Å². The summed E-state index contributed by atoms with van der Waals surface area (Å²) in [5.74, 6) is 8.97. The zero-order chi connectivity index (χ0) is 19.0. The average molecular weight is 390 g/mol. The zero-order valence-corrected chi connectivity index (χ0v) is 15.0. The van der Waals surface area contributed by atoms with Crippen LogP contribution < -0.4 is 21.3 Å². The third-order valence-electron chi connectivity index (χ3n) is 4.00. The van der Waals surface area contributed by atoms with Gasteiger partial charge >= 0.3 is 0 Å². The van der Waals surface area contributed by atoms with E-state index in [1.54, 1.807) is 9.66 Å². The van der Waals surface area contributed by atoms with Crippen molar-refractivity contribution in [2.75, 3.05) is 0 Å². The summed E-state index contributed by atoms with van der Waals surface area (Å²) >= 11 is 0. The number of hydrazine groups is 2. The van der Waals surface area contributed by atoms with Crippen LogP contribution in [0.25, 0.3) is 0 Å². The molecule has 2 aliphatic rings. The van der Waals surface area contributed by atoms with Crippen molar-refractivity contribution < 1.29 is 26.4 Å². The van der Waals surface area contributed by atoms with Gasteiger partial charge < -0.3 is 0 Å². The molecule has 0 heterocycles. The molecule has 1 aromatic rings. The Bertz CT molecular complexity index is 953. The number of hydrogen-bond acceptors (Lipinski definition) is 8. The largest absolute Gasteiger partial charge is 0.294 e. The number of nitrogens with one attached hydrogen (secondary N) is 2. The summed E-state index contributed by atoms with van der Waals surface area (Å²) in [6.07, 6.45) is 0.675. The van der Waals surface area contributed by atoms with Crippen molar-refractivity contribution in [2.24, 2.45) is 11.7 Å². The van der Waals surface area contributed by atoms with E-state index in [0.717, 1.165) is 6.07 Å². The lowest BCUT2D eigenvalue weighted by atomic mass is 9.93. The molecule has 0 aliphatic heterocycles. The maximum absolute atomic E-state index is 12.6. The van der Waals surface area contributed by atoms with Crippen LogP contribution in [-0.4, -0.2) is 28.4 Å². The minimum absolute atomic E-state index is 0.0378. The van der Waals surface area contributed by atoms with Crippen LogP contribution in [0.15, 0.2) is 15.9 Å². The molecular formula is C13H18N4O6S2. The maximum Gasteiger partial charge on any atom is 0.254 e. The quantitative estimate of drug-likeness (QED) is 0.382. The number of nitrogens with two attached hydrogens (primary N) is 2. The minimum Gasteiger partial charge on any atom is -0.294 e. The molecule has 0 spiro atoms. The molecule has 0 saturated carbocycles. The predicted octanol–water partition coefficient (Wildman–Crippen LogP) is -0.762. The highest BCUT2D eigenvalue weighted by Gasteiger charge is 2.34. The molecule has 6 N–H and O–H groups in total. The van der Waals surface area contributed by atoms with Crippen LogP contribution >= 0.6 is 0 Å². The number of benzene rings is 1. The van der Waals surface area contributed by atoms with Gasteiger partial charge in [0, 0.05) is 18.4 Å². The van der Waals surface area contributed by atoms with Crippen molar-refractivity contribution in [3.05, 3.63) is 22.8 Å². The first-order chi connectivity index (χ1) is 11.6. The fraction of sp³-hybridized carbons (Fsp3) is 0.385. The van der Waals surface area contributed by atoms with Gasteiger partial charge in [0.15, 0.2) is 11.6 Å². The Kier molecular flexibility index (Phi) is 5.41.